The number of aromatic nitrogens is 1. The first-order valence-electron chi connectivity index (χ1n) is 8.88. The van der Waals surface area contributed by atoms with E-state index in [4.69, 9.17) is 16.3 Å². The van der Waals surface area contributed by atoms with Gasteiger partial charge in [-0.1, -0.05) is 22.9 Å². The minimum atomic E-state index is -0.382. The summed E-state index contributed by atoms with van der Waals surface area (Å²) in [7, 11) is 0. The Morgan fingerprint density at radius 1 is 1.07 bits per heavy atom. The molecule has 0 saturated carbocycles. The van der Waals surface area contributed by atoms with Crippen molar-refractivity contribution in [3.63, 3.8) is 0 Å². The van der Waals surface area contributed by atoms with Crippen LogP contribution in [0.3, 0.4) is 0 Å². The molecule has 2 heterocycles. The molecule has 4 rings (SSSR count). The van der Waals surface area contributed by atoms with Crippen LogP contribution in [0.4, 0.5) is 5.13 Å². The van der Waals surface area contributed by atoms with Crippen molar-refractivity contribution in [2.24, 2.45) is 0 Å². The molecular formula is C20H18ClN3O3S. The van der Waals surface area contributed by atoms with Gasteiger partial charge in [0.05, 0.1) is 10.2 Å². The molecule has 0 radical (unpaired) electrons. The number of piperazine rings is 1. The lowest BCUT2D eigenvalue weighted by molar-refractivity contribution is -0.131. The number of ether oxygens (including phenoxy) is 1. The largest absolute Gasteiger partial charge is 0.427 e. The number of benzene rings is 2. The maximum Gasteiger partial charge on any atom is 0.308 e. The van der Waals surface area contributed by atoms with Gasteiger partial charge in [-0.05, 0) is 42.5 Å². The van der Waals surface area contributed by atoms with Crippen molar-refractivity contribution in [1.82, 2.24) is 9.88 Å². The number of carbonyl (C=O) groups excluding carboxylic acids is 2. The van der Waals surface area contributed by atoms with Crippen LogP contribution in [0.15, 0.2) is 42.5 Å². The van der Waals surface area contributed by atoms with Gasteiger partial charge in [0, 0.05) is 43.7 Å². The van der Waals surface area contributed by atoms with Crippen molar-refractivity contribution in [3.05, 3.63) is 53.1 Å². The summed E-state index contributed by atoms with van der Waals surface area (Å²) in [6, 6.07) is 12.3. The topological polar surface area (TPSA) is 62.7 Å². The van der Waals surface area contributed by atoms with Gasteiger partial charge in [0.25, 0.3) is 5.91 Å². The number of halogens is 1. The summed E-state index contributed by atoms with van der Waals surface area (Å²) in [6.45, 7) is 4.05. The Balaban J connectivity index is 1.40. The third-order valence-electron chi connectivity index (χ3n) is 4.54. The van der Waals surface area contributed by atoms with E-state index < -0.39 is 0 Å². The van der Waals surface area contributed by atoms with E-state index in [1.165, 1.54) is 6.92 Å². The standard InChI is InChI=1S/C20H18ClN3O3S/c1-13(25)27-16-5-2-14(3-6-16)19(26)23-8-10-24(11-9-23)20-22-17-7-4-15(21)12-18(17)28-20/h2-7,12H,8-11H2,1H3. The highest BCUT2D eigenvalue weighted by Gasteiger charge is 2.24. The van der Waals surface area contributed by atoms with E-state index in [0.29, 0.717) is 29.4 Å². The molecule has 2 aromatic carbocycles. The predicted molar refractivity (Wildman–Crippen MR) is 110 cm³/mol. The average Bonchev–Trinajstić information content (AvgIpc) is 3.11. The van der Waals surface area contributed by atoms with Crippen LogP contribution in [0, 0.1) is 0 Å². The molecule has 1 amide bonds. The van der Waals surface area contributed by atoms with Crippen molar-refractivity contribution >= 4 is 50.2 Å². The fraction of sp³-hybridized carbons (Fsp3) is 0.250. The van der Waals surface area contributed by atoms with Crippen LogP contribution >= 0.6 is 22.9 Å². The first-order valence-corrected chi connectivity index (χ1v) is 10.1. The Morgan fingerprint density at radius 3 is 2.46 bits per heavy atom. The van der Waals surface area contributed by atoms with Crippen molar-refractivity contribution < 1.29 is 14.3 Å². The van der Waals surface area contributed by atoms with E-state index in [1.807, 2.05) is 23.1 Å². The van der Waals surface area contributed by atoms with Crippen LogP contribution in [0.25, 0.3) is 10.2 Å². The molecule has 0 aliphatic carbocycles. The van der Waals surface area contributed by atoms with Gasteiger partial charge >= 0.3 is 5.97 Å². The SMILES string of the molecule is CC(=O)Oc1ccc(C(=O)N2CCN(c3nc4ccc(Cl)cc4s3)CC2)cc1. The first kappa shape index (κ1) is 18.7. The maximum atomic E-state index is 12.7. The fourth-order valence-electron chi connectivity index (χ4n) is 3.14. The molecule has 1 aromatic heterocycles. The van der Waals surface area contributed by atoms with Crippen LogP contribution in [-0.2, 0) is 4.79 Å². The Bertz CT molecular complexity index is 1030. The first-order chi connectivity index (χ1) is 13.5. The summed E-state index contributed by atoms with van der Waals surface area (Å²) in [5.41, 5.74) is 1.52. The minimum Gasteiger partial charge on any atom is -0.427 e. The maximum absolute atomic E-state index is 12.7. The number of anilines is 1. The Labute approximate surface area is 171 Å². The summed E-state index contributed by atoms with van der Waals surface area (Å²) >= 11 is 7.67. The van der Waals surface area contributed by atoms with E-state index in [9.17, 15) is 9.59 Å². The highest BCUT2D eigenvalue weighted by atomic mass is 35.5. The summed E-state index contributed by atoms with van der Waals surface area (Å²) in [6.07, 6.45) is 0. The highest BCUT2D eigenvalue weighted by Crippen LogP contribution is 2.31. The zero-order valence-electron chi connectivity index (χ0n) is 15.2. The Kier molecular flexibility index (Phi) is 5.19. The highest BCUT2D eigenvalue weighted by molar-refractivity contribution is 7.22. The number of carbonyl (C=O) groups is 2. The average molecular weight is 416 g/mol. The van der Waals surface area contributed by atoms with E-state index in [0.717, 1.165) is 28.4 Å². The summed E-state index contributed by atoms with van der Waals surface area (Å²) in [5.74, 6) is 0.0298. The Morgan fingerprint density at radius 2 is 1.79 bits per heavy atom. The number of hydrogen-bond acceptors (Lipinski definition) is 6. The monoisotopic (exact) mass is 415 g/mol. The van der Waals surface area contributed by atoms with Gasteiger partial charge < -0.3 is 14.5 Å². The second kappa shape index (κ2) is 7.77. The molecule has 6 nitrogen and oxygen atoms in total. The third kappa shape index (κ3) is 3.95. The van der Waals surface area contributed by atoms with Crippen molar-refractivity contribution in [2.45, 2.75) is 6.92 Å². The second-order valence-electron chi connectivity index (χ2n) is 6.51. The van der Waals surface area contributed by atoms with Gasteiger partial charge in [0.1, 0.15) is 5.75 Å². The molecule has 1 aliphatic rings. The lowest BCUT2D eigenvalue weighted by atomic mass is 10.1. The number of esters is 1. The molecule has 1 aliphatic heterocycles. The van der Waals surface area contributed by atoms with E-state index in [-0.39, 0.29) is 11.9 Å². The second-order valence-corrected chi connectivity index (χ2v) is 7.95. The van der Waals surface area contributed by atoms with E-state index in [2.05, 4.69) is 9.88 Å². The summed E-state index contributed by atoms with van der Waals surface area (Å²) in [5, 5.41) is 1.66. The van der Waals surface area contributed by atoms with Gasteiger partial charge in [-0.25, -0.2) is 4.98 Å². The molecule has 28 heavy (non-hydrogen) atoms. The summed E-state index contributed by atoms with van der Waals surface area (Å²) in [4.78, 5) is 32.4. The molecule has 3 aromatic rings. The molecule has 0 N–H and O–H groups in total. The third-order valence-corrected chi connectivity index (χ3v) is 5.85. The number of hydrogen-bond donors (Lipinski definition) is 0. The van der Waals surface area contributed by atoms with Crippen LogP contribution in [-0.4, -0.2) is 47.9 Å². The summed E-state index contributed by atoms with van der Waals surface area (Å²) < 4.78 is 6.07. The van der Waals surface area contributed by atoms with Gasteiger partial charge in [-0.3, -0.25) is 9.59 Å². The van der Waals surface area contributed by atoms with Crippen molar-refractivity contribution in [1.29, 1.82) is 0 Å². The zero-order chi connectivity index (χ0) is 19.7. The molecule has 8 heteroatoms. The van der Waals surface area contributed by atoms with Crippen LogP contribution in [0.5, 0.6) is 5.75 Å². The quantitative estimate of drug-likeness (QED) is 0.480. The van der Waals surface area contributed by atoms with E-state index in [1.54, 1.807) is 35.6 Å². The van der Waals surface area contributed by atoms with E-state index >= 15 is 0 Å². The van der Waals surface area contributed by atoms with Gasteiger partial charge in [0.2, 0.25) is 0 Å². The number of amides is 1. The minimum absolute atomic E-state index is 0.0230. The van der Waals surface area contributed by atoms with Gasteiger partial charge in [-0.15, -0.1) is 0 Å². The molecule has 1 fully saturated rings. The van der Waals surface area contributed by atoms with Crippen LogP contribution in [0.2, 0.25) is 5.02 Å². The zero-order valence-corrected chi connectivity index (χ0v) is 16.8. The predicted octanol–water partition coefficient (Wildman–Crippen LogP) is 3.84. The number of rotatable bonds is 3. The lowest BCUT2D eigenvalue weighted by Gasteiger charge is -2.34. The van der Waals surface area contributed by atoms with Gasteiger partial charge in [0.15, 0.2) is 5.13 Å². The smallest absolute Gasteiger partial charge is 0.308 e. The van der Waals surface area contributed by atoms with Gasteiger partial charge in [-0.2, -0.15) is 0 Å². The molecule has 0 atom stereocenters. The molecule has 0 bridgehead atoms. The van der Waals surface area contributed by atoms with Crippen LogP contribution in [0.1, 0.15) is 17.3 Å². The Hall–Kier alpha value is -2.64. The number of nitrogens with zero attached hydrogens (tertiary/aromatic N) is 3. The van der Waals surface area contributed by atoms with Crippen molar-refractivity contribution in [3.8, 4) is 5.75 Å². The van der Waals surface area contributed by atoms with Crippen LogP contribution < -0.4 is 9.64 Å². The number of thiazole rings is 1. The normalized spacial score (nSPS) is 14.4. The lowest BCUT2D eigenvalue weighted by Crippen LogP contribution is -2.48. The van der Waals surface area contributed by atoms with Crippen molar-refractivity contribution in [2.75, 3.05) is 31.1 Å². The molecule has 0 spiro atoms. The number of fused-ring (bicyclic) bond motifs is 1. The molecule has 1 saturated heterocycles. The molecule has 0 unspecified atom stereocenters. The molecular weight excluding hydrogens is 398 g/mol. The molecule has 144 valence electrons. The fourth-order valence-corrected chi connectivity index (χ4v) is 4.43.